The van der Waals surface area contributed by atoms with Crippen LogP contribution in [0.2, 0.25) is 10.0 Å². The minimum atomic E-state index is -4.18. The maximum atomic E-state index is 13.9. The summed E-state index contributed by atoms with van der Waals surface area (Å²) in [6.07, 6.45) is 0. The lowest BCUT2D eigenvalue weighted by molar-refractivity contribution is -0.139. The topological polar surface area (TPSA) is 96.0 Å². The zero-order valence-corrected chi connectivity index (χ0v) is 25.3. The van der Waals surface area contributed by atoms with Crippen LogP contribution in [-0.2, 0) is 26.2 Å². The second-order valence-corrected chi connectivity index (χ2v) is 12.3. The van der Waals surface area contributed by atoms with Gasteiger partial charge in [0.15, 0.2) is 0 Å². The summed E-state index contributed by atoms with van der Waals surface area (Å²) in [5, 5.41) is 3.47. The number of ether oxygens (including phenoxy) is 1. The first-order valence-corrected chi connectivity index (χ1v) is 14.8. The third-order valence-corrected chi connectivity index (χ3v) is 8.71. The average Bonchev–Trinajstić information content (AvgIpc) is 2.92. The lowest BCUT2D eigenvalue weighted by Gasteiger charge is -2.32. The molecule has 11 heteroatoms. The van der Waals surface area contributed by atoms with Gasteiger partial charge in [0.05, 0.1) is 27.7 Å². The fourth-order valence-electron chi connectivity index (χ4n) is 3.94. The van der Waals surface area contributed by atoms with Crippen LogP contribution in [0, 0.1) is 6.92 Å². The highest BCUT2D eigenvalue weighted by molar-refractivity contribution is 7.92. The number of rotatable bonds is 11. The summed E-state index contributed by atoms with van der Waals surface area (Å²) < 4.78 is 33.9. The quantitative estimate of drug-likeness (QED) is 0.313. The number of amides is 2. The number of halogens is 2. The van der Waals surface area contributed by atoms with Crippen LogP contribution in [0.3, 0.4) is 0 Å². The summed E-state index contributed by atoms with van der Waals surface area (Å²) in [5.74, 6) is -0.451. The lowest BCUT2D eigenvalue weighted by Crippen LogP contribution is -2.52. The largest absolute Gasteiger partial charge is 0.497 e. The zero-order valence-electron chi connectivity index (χ0n) is 23.0. The van der Waals surface area contributed by atoms with Gasteiger partial charge in [-0.1, -0.05) is 47.0 Å². The molecular formula is C29H33Cl2N3O5S. The molecule has 0 saturated carbocycles. The Bertz CT molecular complexity index is 1450. The fraction of sp³-hybridized carbons (Fsp3) is 0.310. The molecule has 0 aliphatic carbocycles. The molecule has 40 heavy (non-hydrogen) atoms. The number of nitrogens with zero attached hydrogens (tertiary/aromatic N) is 2. The predicted octanol–water partition coefficient (Wildman–Crippen LogP) is 5.45. The number of methoxy groups -OCH3 is 1. The maximum absolute atomic E-state index is 13.9. The number of benzene rings is 3. The SMILES string of the molecule is COc1ccc(S(=O)(=O)N(CC(=O)N(Cc2ccc(Cl)c(Cl)c2)[C@H](C)C(=O)NC(C)C)c2ccc(C)cc2)cc1. The summed E-state index contributed by atoms with van der Waals surface area (Å²) in [7, 11) is -2.69. The second-order valence-electron chi connectivity index (χ2n) is 9.63. The lowest BCUT2D eigenvalue weighted by atomic mass is 10.1. The van der Waals surface area contributed by atoms with E-state index in [-0.39, 0.29) is 23.4 Å². The van der Waals surface area contributed by atoms with Crippen LogP contribution in [0.1, 0.15) is 31.9 Å². The molecule has 3 aromatic rings. The van der Waals surface area contributed by atoms with Gasteiger partial charge < -0.3 is 15.0 Å². The molecule has 0 fully saturated rings. The van der Waals surface area contributed by atoms with Crippen molar-refractivity contribution in [3.8, 4) is 5.75 Å². The van der Waals surface area contributed by atoms with E-state index in [2.05, 4.69) is 5.32 Å². The normalized spacial score (nSPS) is 12.1. The third kappa shape index (κ3) is 7.68. The molecule has 0 spiro atoms. The van der Waals surface area contributed by atoms with Gasteiger partial charge in [0, 0.05) is 12.6 Å². The molecule has 8 nitrogen and oxygen atoms in total. The first-order valence-electron chi connectivity index (χ1n) is 12.6. The Hall–Kier alpha value is -3.27. The van der Waals surface area contributed by atoms with Crippen molar-refractivity contribution in [1.29, 1.82) is 0 Å². The summed E-state index contributed by atoms with van der Waals surface area (Å²) in [4.78, 5) is 28.2. The van der Waals surface area contributed by atoms with E-state index in [0.717, 1.165) is 9.87 Å². The molecule has 0 aliphatic heterocycles. The molecule has 0 heterocycles. The molecule has 3 rings (SSSR count). The highest BCUT2D eigenvalue weighted by Gasteiger charge is 2.32. The molecule has 0 bridgehead atoms. The van der Waals surface area contributed by atoms with Gasteiger partial charge in [-0.15, -0.1) is 0 Å². The molecule has 0 aromatic heterocycles. The van der Waals surface area contributed by atoms with Crippen molar-refractivity contribution in [1.82, 2.24) is 10.2 Å². The number of carbonyl (C=O) groups is 2. The first kappa shape index (κ1) is 31.3. The van der Waals surface area contributed by atoms with Crippen LogP contribution in [-0.4, -0.2) is 50.9 Å². The van der Waals surface area contributed by atoms with Crippen LogP contribution in [0.15, 0.2) is 71.6 Å². The van der Waals surface area contributed by atoms with Gasteiger partial charge in [0.1, 0.15) is 18.3 Å². The molecule has 214 valence electrons. The number of sulfonamides is 1. The minimum Gasteiger partial charge on any atom is -0.497 e. The van der Waals surface area contributed by atoms with Gasteiger partial charge in [0.2, 0.25) is 11.8 Å². The molecule has 2 amide bonds. The van der Waals surface area contributed by atoms with Crippen molar-refractivity contribution in [2.75, 3.05) is 18.0 Å². The molecule has 0 radical (unpaired) electrons. The van der Waals surface area contributed by atoms with Crippen molar-refractivity contribution in [2.45, 2.75) is 51.2 Å². The van der Waals surface area contributed by atoms with E-state index < -0.39 is 28.5 Å². The molecule has 0 unspecified atom stereocenters. The zero-order chi connectivity index (χ0) is 29.6. The third-order valence-electron chi connectivity index (χ3n) is 6.18. The van der Waals surface area contributed by atoms with E-state index in [0.29, 0.717) is 27.0 Å². The number of hydrogen-bond acceptors (Lipinski definition) is 5. The maximum Gasteiger partial charge on any atom is 0.264 e. The average molecular weight is 607 g/mol. The Labute approximate surface area is 245 Å². The Morgan fingerprint density at radius 2 is 1.55 bits per heavy atom. The second kappa shape index (κ2) is 13.4. The van der Waals surface area contributed by atoms with E-state index in [9.17, 15) is 18.0 Å². The molecule has 0 aliphatic rings. The Balaban J connectivity index is 2.04. The van der Waals surface area contributed by atoms with Crippen LogP contribution in [0.5, 0.6) is 5.75 Å². The Kier molecular flexibility index (Phi) is 10.5. The number of anilines is 1. The smallest absolute Gasteiger partial charge is 0.264 e. The number of carbonyl (C=O) groups excluding carboxylic acids is 2. The minimum absolute atomic E-state index is 0.00667. The van der Waals surface area contributed by atoms with Crippen LogP contribution < -0.4 is 14.4 Å². The van der Waals surface area contributed by atoms with Crippen LogP contribution in [0.25, 0.3) is 0 Å². The van der Waals surface area contributed by atoms with Crippen molar-refractivity contribution >= 4 is 50.7 Å². The molecule has 0 saturated heterocycles. The van der Waals surface area contributed by atoms with Crippen LogP contribution in [0.4, 0.5) is 5.69 Å². The van der Waals surface area contributed by atoms with Crippen LogP contribution >= 0.6 is 23.2 Å². The van der Waals surface area contributed by atoms with Crippen molar-refractivity contribution in [3.05, 3.63) is 87.9 Å². The Morgan fingerprint density at radius 1 is 0.925 bits per heavy atom. The van der Waals surface area contributed by atoms with Crippen molar-refractivity contribution in [2.24, 2.45) is 0 Å². The monoisotopic (exact) mass is 605 g/mol. The highest BCUT2D eigenvalue weighted by atomic mass is 35.5. The molecule has 1 atom stereocenters. The summed E-state index contributed by atoms with van der Waals surface area (Å²) in [5.41, 5.74) is 1.87. The van der Waals surface area contributed by atoms with E-state index in [1.54, 1.807) is 49.4 Å². The molecule has 3 aromatic carbocycles. The summed E-state index contributed by atoms with van der Waals surface area (Å²) >= 11 is 12.3. The van der Waals surface area contributed by atoms with Gasteiger partial charge in [-0.2, -0.15) is 0 Å². The van der Waals surface area contributed by atoms with Gasteiger partial charge in [-0.05, 0) is 81.8 Å². The van der Waals surface area contributed by atoms with E-state index >= 15 is 0 Å². The van der Waals surface area contributed by atoms with Gasteiger partial charge in [-0.3, -0.25) is 13.9 Å². The van der Waals surface area contributed by atoms with E-state index in [1.807, 2.05) is 20.8 Å². The van der Waals surface area contributed by atoms with E-state index in [1.165, 1.54) is 36.3 Å². The summed E-state index contributed by atoms with van der Waals surface area (Å²) in [6.45, 7) is 6.57. The first-order chi connectivity index (χ1) is 18.8. The van der Waals surface area contributed by atoms with E-state index in [4.69, 9.17) is 27.9 Å². The summed E-state index contributed by atoms with van der Waals surface area (Å²) in [6, 6.07) is 16.6. The standard InChI is InChI=1S/C29H33Cl2N3O5S/c1-19(2)32-29(36)21(4)33(17-22-8-15-26(30)27(31)16-22)28(35)18-34(23-9-6-20(3)7-10-23)40(37,38)25-13-11-24(39-5)12-14-25/h6-16,19,21H,17-18H2,1-5H3,(H,32,36)/t21-/m1/s1. The van der Waals surface area contributed by atoms with Crippen molar-refractivity contribution in [3.63, 3.8) is 0 Å². The fourth-order valence-corrected chi connectivity index (χ4v) is 5.67. The number of hydrogen-bond donors (Lipinski definition) is 1. The predicted molar refractivity (Wildman–Crippen MR) is 158 cm³/mol. The van der Waals surface area contributed by atoms with Crippen molar-refractivity contribution < 1.29 is 22.7 Å². The Morgan fingerprint density at radius 3 is 2.10 bits per heavy atom. The number of aryl methyl sites for hydroxylation is 1. The van der Waals surface area contributed by atoms with Gasteiger partial charge in [-0.25, -0.2) is 8.42 Å². The highest BCUT2D eigenvalue weighted by Crippen LogP contribution is 2.27. The molecular weight excluding hydrogens is 573 g/mol. The van der Waals surface area contributed by atoms with Gasteiger partial charge >= 0.3 is 0 Å². The number of nitrogens with one attached hydrogen (secondary N) is 1. The van der Waals surface area contributed by atoms with Gasteiger partial charge in [0.25, 0.3) is 10.0 Å². The molecule has 1 N–H and O–H groups in total.